The summed E-state index contributed by atoms with van der Waals surface area (Å²) in [6.07, 6.45) is 11.4. The lowest BCUT2D eigenvalue weighted by molar-refractivity contribution is 0.301. The first-order chi connectivity index (χ1) is 15.7. The van der Waals surface area contributed by atoms with E-state index < -0.39 is 5.82 Å². The van der Waals surface area contributed by atoms with Crippen molar-refractivity contribution in [2.45, 2.75) is 32.4 Å². The van der Waals surface area contributed by atoms with E-state index >= 15 is 0 Å². The molecule has 0 unspecified atom stereocenters. The van der Waals surface area contributed by atoms with Crippen molar-refractivity contribution in [1.82, 2.24) is 20.0 Å². The monoisotopic (exact) mass is 452 g/mol. The van der Waals surface area contributed by atoms with Gasteiger partial charge in [-0.15, -0.1) is 5.10 Å². The van der Waals surface area contributed by atoms with Crippen LogP contribution >= 0.6 is 11.6 Å². The first-order valence-corrected chi connectivity index (χ1v) is 10.7. The lowest BCUT2D eigenvalue weighted by Gasteiger charge is -2.06. The Morgan fingerprint density at radius 2 is 1.97 bits per heavy atom. The third kappa shape index (κ3) is 6.04. The number of hydrogen-bond acceptors (Lipinski definition) is 5. The second kappa shape index (κ2) is 10.7. The van der Waals surface area contributed by atoms with Gasteiger partial charge in [0.15, 0.2) is 0 Å². The van der Waals surface area contributed by atoms with Crippen LogP contribution in [0.4, 0.5) is 4.39 Å². The molecule has 2 aromatic heterocycles. The number of aromatic nitrogens is 4. The molecule has 0 fully saturated rings. The van der Waals surface area contributed by atoms with Gasteiger partial charge in [0, 0.05) is 24.4 Å². The summed E-state index contributed by atoms with van der Waals surface area (Å²) in [6.45, 7) is 1.16. The second-order valence-electron chi connectivity index (χ2n) is 7.21. The van der Waals surface area contributed by atoms with E-state index in [1.54, 1.807) is 30.5 Å². The number of oxazole rings is 1. The lowest BCUT2D eigenvalue weighted by Crippen LogP contribution is -1.99. The predicted molar refractivity (Wildman–Crippen MR) is 121 cm³/mol. The van der Waals surface area contributed by atoms with E-state index in [1.807, 2.05) is 23.0 Å². The Morgan fingerprint density at radius 1 is 1.09 bits per heavy atom. The minimum absolute atomic E-state index is 0.0754. The number of hydrogen-bond donors (Lipinski definition) is 0. The third-order valence-electron chi connectivity index (χ3n) is 4.84. The quantitative estimate of drug-likeness (QED) is 0.283. The topological polar surface area (TPSA) is 66.0 Å². The van der Waals surface area contributed by atoms with Crippen molar-refractivity contribution in [3.63, 3.8) is 0 Å². The van der Waals surface area contributed by atoms with Gasteiger partial charge in [-0.25, -0.2) is 9.37 Å². The van der Waals surface area contributed by atoms with Crippen molar-refractivity contribution in [2.75, 3.05) is 0 Å². The van der Waals surface area contributed by atoms with Crippen molar-refractivity contribution in [3.05, 3.63) is 94.7 Å². The Bertz CT molecular complexity index is 1160. The largest absolute Gasteiger partial charge is 0.487 e. The number of benzene rings is 2. The maximum atomic E-state index is 13.9. The number of halogens is 2. The van der Waals surface area contributed by atoms with E-state index in [2.05, 4.69) is 27.4 Å². The van der Waals surface area contributed by atoms with Crippen LogP contribution in [-0.4, -0.2) is 20.0 Å². The van der Waals surface area contributed by atoms with Crippen LogP contribution in [-0.2, 0) is 19.6 Å². The number of nitrogens with zero attached hydrogens (tertiary/aromatic N) is 4. The summed E-state index contributed by atoms with van der Waals surface area (Å²) >= 11 is 5.79. The van der Waals surface area contributed by atoms with Crippen LogP contribution in [0.1, 0.15) is 35.6 Å². The number of rotatable bonds is 10. The van der Waals surface area contributed by atoms with Crippen LogP contribution in [0.5, 0.6) is 5.75 Å². The molecule has 164 valence electrons. The Morgan fingerprint density at radius 3 is 2.78 bits per heavy atom. The minimum atomic E-state index is -0.473. The molecule has 0 bridgehead atoms. The highest BCUT2D eigenvalue weighted by Crippen LogP contribution is 2.20. The van der Waals surface area contributed by atoms with Crippen LogP contribution in [0.25, 0.3) is 12.2 Å². The summed E-state index contributed by atoms with van der Waals surface area (Å²) < 4.78 is 27.0. The van der Waals surface area contributed by atoms with Gasteiger partial charge in [0.25, 0.3) is 0 Å². The molecule has 6 nitrogen and oxygen atoms in total. The van der Waals surface area contributed by atoms with Gasteiger partial charge in [0.2, 0.25) is 5.89 Å². The number of aryl methyl sites for hydroxylation is 2. The van der Waals surface area contributed by atoms with Crippen molar-refractivity contribution in [3.8, 4) is 5.75 Å². The summed E-state index contributed by atoms with van der Waals surface area (Å²) in [6, 6.07) is 12.9. The Balaban J connectivity index is 1.23. The Kier molecular flexibility index (Phi) is 7.30. The summed E-state index contributed by atoms with van der Waals surface area (Å²) in [4.78, 5) is 4.34. The van der Waals surface area contributed by atoms with Gasteiger partial charge >= 0.3 is 0 Å². The summed E-state index contributed by atoms with van der Waals surface area (Å²) in [7, 11) is 0. The normalized spacial score (nSPS) is 11.3. The predicted octanol–water partition coefficient (Wildman–Crippen LogP) is 5.83. The number of unbranched alkanes of at least 4 members (excludes halogenated alkanes) is 1. The molecule has 0 aliphatic heterocycles. The van der Waals surface area contributed by atoms with Crippen LogP contribution in [0, 0.1) is 5.82 Å². The molecule has 32 heavy (non-hydrogen) atoms. The third-order valence-corrected chi connectivity index (χ3v) is 5.13. The zero-order valence-electron chi connectivity index (χ0n) is 17.3. The molecular formula is C24H22ClFN4O2. The fourth-order valence-electron chi connectivity index (χ4n) is 3.14. The van der Waals surface area contributed by atoms with E-state index in [-0.39, 0.29) is 11.6 Å². The van der Waals surface area contributed by atoms with Gasteiger partial charge in [0.1, 0.15) is 30.1 Å². The average Bonchev–Trinajstić information content (AvgIpc) is 3.49. The van der Waals surface area contributed by atoms with E-state index in [0.29, 0.717) is 17.1 Å². The molecule has 0 radical (unpaired) electrons. The van der Waals surface area contributed by atoms with Gasteiger partial charge in [-0.3, -0.25) is 4.68 Å². The molecule has 4 aromatic rings. The Hall–Kier alpha value is -3.45. The fourth-order valence-corrected chi connectivity index (χ4v) is 3.32. The average molecular weight is 453 g/mol. The molecule has 0 atom stereocenters. The fraction of sp³-hybridized carbons (Fsp3) is 0.208. The van der Waals surface area contributed by atoms with Gasteiger partial charge in [-0.05, 0) is 49.1 Å². The molecule has 2 aromatic carbocycles. The smallest absolute Gasteiger partial charge is 0.218 e. The molecular weight excluding hydrogens is 431 g/mol. The maximum absolute atomic E-state index is 13.9. The molecule has 0 aliphatic rings. The van der Waals surface area contributed by atoms with Gasteiger partial charge in [-0.2, -0.15) is 0 Å². The summed E-state index contributed by atoms with van der Waals surface area (Å²) in [5.74, 6) is 0.654. The SMILES string of the molecule is Fc1c(Cl)cccc1/C=C/c1nc(COc2ccc(CCCCn3ccnn3)cc2)co1. The van der Waals surface area contributed by atoms with Gasteiger partial charge < -0.3 is 9.15 Å². The van der Waals surface area contributed by atoms with Crippen molar-refractivity contribution in [2.24, 2.45) is 0 Å². The first-order valence-electron chi connectivity index (χ1n) is 10.3. The molecule has 0 saturated heterocycles. The lowest BCUT2D eigenvalue weighted by atomic mass is 10.1. The van der Waals surface area contributed by atoms with E-state index in [0.717, 1.165) is 31.6 Å². The Labute approximate surface area is 190 Å². The minimum Gasteiger partial charge on any atom is -0.487 e. The van der Waals surface area contributed by atoms with Crippen LogP contribution in [0.2, 0.25) is 5.02 Å². The maximum Gasteiger partial charge on any atom is 0.218 e. The van der Waals surface area contributed by atoms with Crippen LogP contribution < -0.4 is 4.74 Å². The zero-order valence-corrected chi connectivity index (χ0v) is 18.1. The molecule has 0 spiro atoms. The standard InChI is InChI=1S/C24H22ClFN4O2/c25-22-6-3-5-19(24(22)26)9-12-23-28-20(17-32-23)16-31-21-10-7-18(8-11-21)4-1-2-14-30-15-13-27-29-30/h3,5-13,15,17H,1-2,4,14,16H2/b12-9+. The van der Waals surface area contributed by atoms with Crippen molar-refractivity contribution >= 4 is 23.8 Å². The molecule has 0 amide bonds. The highest BCUT2D eigenvalue weighted by molar-refractivity contribution is 6.30. The molecule has 0 aliphatic carbocycles. The highest BCUT2D eigenvalue weighted by Gasteiger charge is 2.06. The van der Waals surface area contributed by atoms with Crippen molar-refractivity contribution in [1.29, 1.82) is 0 Å². The first kappa shape index (κ1) is 21.8. The van der Waals surface area contributed by atoms with Gasteiger partial charge in [-0.1, -0.05) is 41.1 Å². The molecule has 0 saturated carbocycles. The van der Waals surface area contributed by atoms with Gasteiger partial charge in [0.05, 0.1) is 11.2 Å². The van der Waals surface area contributed by atoms with Crippen molar-refractivity contribution < 1.29 is 13.5 Å². The summed E-state index contributed by atoms with van der Waals surface area (Å²) in [5, 5.41) is 7.84. The van der Waals surface area contributed by atoms with Crippen LogP contribution in [0.15, 0.2) is 65.5 Å². The zero-order chi connectivity index (χ0) is 22.2. The highest BCUT2D eigenvalue weighted by atomic mass is 35.5. The van der Waals surface area contributed by atoms with E-state index in [1.165, 1.54) is 17.9 Å². The van der Waals surface area contributed by atoms with E-state index in [4.69, 9.17) is 20.8 Å². The molecule has 4 rings (SSSR count). The molecule has 0 N–H and O–H groups in total. The molecule has 2 heterocycles. The summed E-state index contributed by atoms with van der Waals surface area (Å²) in [5.41, 5.74) is 2.28. The van der Waals surface area contributed by atoms with Crippen LogP contribution in [0.3, 0.4) is 0 Å². The van der Waals surface area contributed by atoms with E-state index in [9.17, 15) is 4.39 Å². The second-order valence-corrected chi connectivity index (χ2v) is 7.62. The molecule has 8 heteroatoms. The number of ether oxygens (including phenoxy) is 1.